The number of para-hydroxylation sites is 1. The molecule has 26 heavy (non-hydrogen) atoms. The van der Waals surface area contributed by atoms with Crippen molar-refractivity contribution in [3.63, 3.8) is 0 Å². The van der Waals surface area contributed by atoms with E-state index in [-0.39, 0.29) is 18.6 Å². The van der Waals surface area contributed by atoms with Crippen molar-refractivity contribution >= 4 is 17.6 Å². The molecule has 0 saturated carbocycles. The number of aryl methyl sites for hydroxylation is 2. The van der Waals surface area contributed by atoms with Gasteiger partial charge in [0.25, 0.3) is 5.91 Å². The zero-order chi connectivity index (χ0) is 18.7. The van der Waals surface area contributed by atoms with Gasteiger partial charge in [-0.3, -0.25) is 4.79 Å². The van der Waals surface area contributed by atoms with Crippen LogP contribution >= 0.6 is 0 Å². The molecule has 0 fully saturated rings. The van der Waals surface area contributed by atoms with Gasteiger partial charge >= 0.3 is 5.97 Å². The first-order chi connectivity index (χ1) is 12.5. The van der Waals surface area contributed by atoms with Gasteiger partial charge in [-0.15, -0.1) is 0 Å². The Morgan fingerprint density at radius 3 is 2.73 bits per heavy atom. The van der Waals surface area contributed by atoms with Crippen LogP contribution < -0.4 is 9.64 Å². The highest BCUT2D eigenvalue weighted by atomic mass is 16.5. The molecule has 0 unspecified atom stereocenters. The van der Waals surface area contributed by atoms with Crippen LogP contribution in [0.4, 0.5) is 5.69 Å². The fourth-order valence-electron chi connectivity index (χ4n) is 3.28. The number of amides is 1. The second-order valence-electron chi connectivity index (χ2n) is 6.54. The average Bonchev–Trinajstić information content (AvgIpc) is 2.66. The van der Waals surface area contributed by atoms with Gasteiger partial charge in [-0.05, 0) is 56.0 Å². The summed E-state index contributed by atoms with van der Waals surface area (Å²) < 4.78 is 10.5. The van der Waals surface area contributed by atoms with Crippen LogP contribution in [-0.4, -0.2) is 31.6 Å². The molecule has 5 heteroatoms. The molecule has 0 saturated heterocycles. The van der Waals surface area contributed by atoms with E-state index >= 15 is 0 Å². The summed E-state index contributed by atoms with van der Waals surface area (Å²) in [5.41, 5.74) is 3.40. The van der Waals surface area contributed by atoms with Crippen LogP contribution in [0, 0.1) is 6.92 Å². The number of anilines is 1. The van der Waals surface area contributed by atoms with Crippen molar-refractivity contribution in [2.75, 3.05) is 18.6 Å². The van der Waals surface area contributed by atoms with Crippen LogP contribution in [0.25, 0.3) is 0 Å². The minimum absolute atomic E-state index is 0.0792. The summed E-state index contributed by atoms with van der Waals surface area (Å²) in [4.78, 5) is 26.3. The Balaban J connectivity index is 1.76. The minimum atomic E-state index is -0.431. The molecule has 0 spiro atoms. The number of methoxy groups -OCH3 is 1. The molecular formula is C21H23NO4. The van der Waals surface area contributed by atoms with Gasteiger partial charge in [0, 0.05) is 11.7 Å². The summed E-state index contributed by atoms with van der Waals surface area (Å²) >= 11 is 0. The second kappa shape index (κ2) is 7.60. The van der Waals surface area contributed by atoms with Gasteiger partial charge in [-0.2, -0.15) is 0 Å². The number of ether oxygens (including phenoxy) is 2. The Bertz CT molecular complexity index is 831. The normalized spacial score (nSPS) is 16.0. The second-order valence-corrected chi connectivity index (χ2v) is 6.54. The first-order valence-corrected chi connectivity index (χ1v) is 8.73. The molecular weight excluding hydrogens is 330 g/mol. The lowest BCUT2D eigenvalue weighted by molar-refractivity contribution is -0.121. The van der Waals surface area contributed by atoms with Crippen LogP contribution in [-0.2, 0) is 16.0 Å². The molecule has 1 aliphatic heterocycles. The van der Waals surface area contributed by atoms with Gasteiger partial charge in [-0.25, -0.2) is 4.79 Å². The standard InChI is InChI=1S/C21H23NO4/c1-14-8-10-17(21(24)25-3)12-19(14)26-13-20(23)22-15(2)9-11-16-6-4-5-7-18(16)22/h4-8,10,12,15H,9,11,13H2,1-3H3/t15-/m1/s1. The Labute approximate surface area is 153 Å². The van der Waals surface area contributed by atoms with E-state index in [1.807, 2.05) is 30.0 Å². The predicted octanol–water partition coefficient (Wildman–Crippen LogP) is 3.53. The molecule has 0 aromatic heterocycles. The van der Waals surface area contributed by atoms with Gasteiger partial charge in [0.1, 0.15) is 5.75 Å². The Morgan fingerprint density at radius 2 is 1.96 bits per heavy atom. The van der Waals surface area contributed by atoms with Crippen molar-refractivity contribution in [1.82, 2.24) is 0 Å². The lowest BCUT2D eigenvalue weighted by Crippen LogP contribution is -2.44. The van der Waals surface area contributed by atoms with Crippen LogP contribution in [0.15, 0.2) is 42.5 Å². The zero-order valence-electron chi connectivity index (χ0n) is 15.3. The molecule has 2 aromatic carbocycles. The first kappa shape index (κ1) is 18.0. The quantitative estimate of drug-likeness (QED) is 0.789. The minimum Gasteiger partial charge on any atom is -0.483 e. The highest BCUT2D eigenvalue weighted by Gasteiger charge is 2.28. The van der Waals surface area contributed by atoms with E-state index in [1.165, 1.54) is 12.7 Å². The fraction of sp³-hybridized carbons (Fsp3) is 0.333. The number of carbonyl (C=O) groups is 2. The summed E-state index contributed by atoms with van der Waals surface area (Å²) in [6.45, 7) is 3.85. The van der Waals surface area contributed by atoms with Crippen LogP contribution in [0.1, 0.15) is 34.8 Å². The SMILES string of the molecule is COC(=O)c1ccc(C)c(OCC(=O)N2c3ccccc3CC[C@H]2C)c1. The third-order valence-electron chi connectivity index (χ3n) is 4.75. The van der Waals surface area contributed by atoms with Crippen molar-refractivity contribution < 1.29 is 19.1 Å². The number of carbonyl (C=O) groups excluding carboxylic acids is 2. The molecule has 0 radical (unpaired) electrons. The van der Waals surface area contributed by atoms with Crippen molar-refractivity contribution in [3.8, 4) is 5.75 Å². The zero-order valence-corrected chi connectivity index (χ0v) is 15.3. The van der Waals surface area contributed by atoms with Gasteiger partial charge in [-0.1, -0.05) is 24.3 Å². The van der Waals surface area contributed by atoms with E-state index < -0.39 is 5.97 Å². The van der Waals surface area contributed by atoms with Crippen LogP contribution in [0.5, 0.6) is 5.75 Å². The smallest absolute Gasteiger partial charge is 0.337 e. The third kappa shape index (κ3) is 3.57. The van der Waals surface area contributed by atoms with E-state index in [1.54, 1.807) is 18.2 Å². The first-order valence-electron chi connectivity index (χ1n) is 8.73. The highest BCUT2D eigenvalue weighted by Crippen LogP contribution is 2.30. The summed E-state index contributed by atoms with van der Waals surface area (Å²) in [6.07, 6.45) is 1.90. The number of esters is 1. The maximum Gasteiger partial charge on any atom is 0.337 e. The van der Waals surface area contributed by atoms with E-state index in [0.29, 0.717) is 11.3 Å². The van der Waals surface area contributed by atoms with Crippen molar-refractivity contribution in [3.05, 3.63) is 59.2 Å². The van der Waals surface area contributed by atoms with Crippen LogP contribution in [0.2, 0.25) is 0 Å². The molecule has 2 aromatic rings. The maximum absolute atomic E-state index is 12.8. The lowest BCUT2D eigenvalue weighted by atomic mass is 9.96. The molecule has 0 aliphatic carbocycles. The molecule has 5 nitrogen and oxygen atoms in total. The number of benzene rings is 2. The molecule has 136 valence electrons. The molecule has 0 bridgehead atoms. The fourth-order valence-corrected chi connectivity index (χ4v) is 3.28. The molecule has 1 atom stereocenters. The summed E-state index contributed by atoms with van der Waals surface area (Å²) in [5, 5.41) is 0. The van der Waals surface area contributed by atoms with Gasteiger partial charge in [0.05, 0.1) is 12.7 Å². The highest BCUT2D eigenvalue weighted by molar-refractivity contribution is 5.96. The Kier molecular flexibility index (Phi) is 5.26. The largest absolute Gasteiger partial charge is 0.483 e. The number of nitrogens with zero attached hydrogens (tertiary/aromatic N) is 1. The Hall–Kier alpha value is -2.82. The molecule has 0 N–H and O–H groups in total. The van der Waals surface area contributed by atoms with Crippen LogP contribution in [0.3, 0.4) is 0 Å². The predicted molar refractivity (Wildman–Crippen MR) is 99.7 cm³/mol. The molecule has 3 rings (SSSR count). The van der Waals surface area contributed by atoms with E-state index in [2.05, 4.69) is 13.0 Å². The molecule has 1 amide bonds. The average molecular weight is 353 g/mol. The number of hydrogen-bond acceptors (Lipinski definition) is 4. The maximum atomic E-state index is 12.8. The topological polar surface area (TPSA) is 55.8 Å². The summed E-state index contributed by atoms with van der Waals surface area (Å²) in [7, 11) is 1.33. The molecule has 1 heterocycles. The summed E-state index contributed by atoms with van der Waals surface area (Å²) in [5.74, 6) is -0.00789. The van der Waals surface area contributed by atoms with Crippen molar-refractivity contribution in [2.45, 2.75) is 32.7 Å². The summed E-state index contributed by atoms with van der Waals surface area (Å²) in [6, 6.07) is 13.2. The van der Waals surface area contributed by atoms with Gasteiger partial charge < -0.3 is 14.4 Å². The van der Waals surface area contributed by atoms with E-state index in [9.17, 15) is 9.59 Å². The Morgan fingerprint density at radius 1 is 1.19 bits per heavy atom. The van der Waals surface area contributed by atoms with Gasteiger partial charge in [0.15, 0.2) is 6.61 Å². The van der Waals surface area contributed by atoms with E-state index in [4.69, 9.17) is 9.47 Å². The van der Waals surface area contributed by atoms with Gasteiger partial charge in [0.2, 0.25) is 0 Å². The van der Waals surface area contributed by atoms with E-state index in [0.717, 1.165) is 24.1 Å². The lowest BCUT2D eigenvalue weighted by Gasteiger charge is -2.35. The van der Waals surface area contributed by atoms with Crippen molar-refractivity contribution in [1.29, 1.82) is 0 Å². The molecule has 1 aliphatic rings. The number of rotatable bonds is 4. The monoisotopic (exact) mass is 353 g/mol. The van der Waals surface area contributed by atoms with Crippen molar-refractivity contribution in [2.24, 2.45) is 0 Å². The third-order valence-corrected chi connectivity index (χ3v) is 4.75. The number of hydrogen-bond donors (Lipinski definition) is 0. The number of fused-ring (bicyclic) bond motifs is 1.